The highest BCUT2D eigenvalue weighted by Crippen LogP contribution is 2.28. The number of hydrogen-bond acceptors (Lipinski definition) is 6. The van der Waals surface area contributed by atoms with Crippen LogP contribution in [0.15, 0.2) is 18.2 Å². The number of hydrogen-bond donors (Lipinski definition) is 0. The third kappa shape index (κ3) is 5.28. The van der Waals surface area contributed by atoms with Crippen molar-refractivity contribution in [2.75, 3.05) is 27.3 Å². The van der Waals surface area contributed by atoms with Gasteiger partial charge in [-0.2, -0.15) is 0 Å². The van der Waals surface area contributed by atoms with Crippen molar-refractivity contribution in [2.45, 2.75) is 45.3 Å². The Kier molecular flexibility index (Phi) is 6.34. The van der Waals surface area contributed by atoms with Crippen LogP contribution in [0.5, 0.6) is 11.5 Å². The Labute approximate surface area is 154 Å². The van der Waals surface area contributed by atoms with Crippen molar-refractivity contribution in [3.63, 3.8) is 0 Å². The van der Waals surface area contributed by atoms with Crippen LogP contribution in [0.25, 0.3) is 0 Å². The van der Waals surface area contributed by atoms with Gasteiger partial charge in [0.2, 0.25) is 0 Å². The molecule has 0 bridgehead atoms. The summed E-state index contributed by atoms with van der Waals surface area (Å²) < 4.78 is 21.4. The lowest BCUT2D eigenvalue weighted by atomic mass is 10.1. The molecule has 1 aromatic carbocycles. The smallest absolute Gasteiger partial charge is 0.410 e. The zero-order chi connectivity index (χ0) is 19.3. The summed E-state index contributed by atoms with van der Waals surface area (Å²) in [5.74, 6) is 0.555. The van der Waals surface area contributed by atoms with Gasteiger partial charge in [-0.3, -0.25) is 0 Å². The summed E-state index contributed by atoms with van der Waals surface area (Å²) in [6.07, 6.45) is 0.880. The highest BCUT2D eigenvalue weighted by Gasteiger charge is 2.28. The van der Waals surface area contributed by atoms with Crippen LogP contribution in [0.1, 0.15) is 44.0 Å². The lowest BCUT2D eigenvalue weighted by molar-refractivity contribution is 0.0126. The molecule has 1 amide bonds. The minimum absolute atomic E-state index is 0.107. The SMILES string of the molecule is COC(=O)c1ccc(OC)cc1OC1CCN(C(=O)OC(C)(C)C)CC1. The summed E-state index contributed by atoms with van der Waals surface area (Å²) in [7, 11) is 2.88. The fraction of sp³-hybridized carbons (Fsp3) is 0.579. The van der Waals surface area contributed by atoms with Crippen LogP contribution in [0.4, 0.5) is 4.79 Å². The van der Waals surface area contributed by atoms with Crippen molar-refractivity contribution in [3.8, 4) is 11.5 Å². The van der Waals surface area contributed by atoms with E-state index in [-0.39, 0.29) is 12.2 Å². The highest BCUT2D eigenvalue weighted by atomic mass is 16.6. The van der Waals surface area contributed by atoms with Gasteiger partial charge >= 0.3 is 12.1 Å². The molecule has 0 spiro atoms. The molecule has 0 saturated carbocycles. The second-order valence-corrected chi connectivity index (χ2v) is 7.14. The minimum Gasteiger partial charge on any atom is -0.497 e. The number of rotatable bonds is 4. The number of likely N-dealkylation sites (tertiary alicyclic amines) is 1. The molecule has 1 fully saturated rings. The first-order valence-electron chi connectivity index (χ1n) is 8.64. The first-order valence-corrected chi connectivity index (χ1v) is 8.64. The van der Waals surface area contributed by atoms with Gasteiger partial charge < -0.3 is 23.8 Å². The number of carbonyl (C=O) groups is 2. The molecule has 1 aromatic rings. The van der Waals surface area contributed by atoms with E-state index >= 15 is 0 Å². The predicted octanol–water partition coefficient (Wildman–Crippen LogP) is 3.26. The Morgan fingerprint density at radius 2 is 1.77 bits per heavy atom. The fourth-order valence-electron chi connectivity index (χ4n) is 2.67. The number of esters is 1. The molecule has 7 heteroatoms. The van der Waals surface area contributed by atoms with Gasteiger partial charge in [-0.05, 0) is 32.9 Å². The summed E-state index contributed by atoms with van der Waals surface area (Å²) >= 11 is 0. The average molecular weight is 365 g/mol. The van der Waals surface area contributed by atoms with Crippen LogP contribution in [-0.2, 0) is 9.47 Å². The standard InChI is InChI=1S/C19H27NO6/c1-19(2,3)26-18(22)20-10-8-13(9-11-20)25-16-12-14(23-4)6-7-15(16)17(21)24-5/h6-7,12-13H,8-11H2,1-5H3. The van der Waals surface area contributed by atoms with Crippen molar-refractivity contribution in [2.24, 2.45) is 0 Å². The third-order valence-corrected chi connectivity index (χ3v) is 3.98. The molecule has 144 valence electrons. The zero-order valence-electron chi connectivity index (χ0n) is 16.0. The van der Waals surface area contributed by atoms with Gasteiger partial charge in [0.1, 0.15) is 28.8 Å². The van der Waals surface area contributed by atoms with E-state index in [2.05, 4.69) is 0 Å². The van der Waals surface area contributed by atoms with E-state index < -0.39 is 11.6 Å². The molecular weight excluding hydrogens is 338 g/mol. The Morgan fingerprint density at radius 3 is 2.31 bits per heavy atom. The van der Waals surface area contributed by atoms with Gasteiger partial charge in [0.05, 0.1) is 14.2 Å². The number of amides is 1. The van der Waals surface area contributed by atoms with Crippen LogP contribution in [-0.4, -0.2) is 56.0 Å². The maximum atomic E-state index is 12.1. The molecule has 0 aliphatic carbocycles. The second-order valence-electron chi connectivity index (χ2n) is 7.14. The summed E-state index contributed by atoms with van der Waals surface area (Å²) in [6.45, 7) is 6.61. The van der Waals surface area contributed by atoms with Crippen molar-refractivity contribution in [1.82, 2.24) is 4.90 Å². The second kappa shape index (κ2) is 8.29. The van der Waals surface area contributed by atoms with E-state index in [4.69, 9.17) is 18.9 Å². The van der Waals surface area contributed by atoms with Crippen LogP contribution in [0.2, 0.25) is 0 Å². The molecule has 2 rings (SSSR count). The van der Waals surface area contributed by atoms with Gasteiger partial charge in [0.25, 0.3) is 0 Å². The van der Waals surface area contributed by atoms with Gasteiger partial charge in [-0.1, -0.05) is 0 Å². The Bertz CT molecular complexity index is 644. The van der Waals surface area contributed by atoms with Crippen LogP contribution < -0.4 is 9.47 Å². The van der Waals surface area contributed by atoms with Crippen LogP contribution in [0.3, 0.4) is 0 Å². The van der Waals surface area contributed by atoms with E-state index in [0.29, 0.717) is 43.0 Å². The van der Waals surface area contributed by atoms with Crippen molar-refractivity contribution in [3.05, 3.63) is 23.8 Å². The fourth-order valence-corrected chi connectivity index (χ4v) is 2.67. The topological polar surface area (TPSA) is 74.3 Å². The largest absolute Gasteiger partial charge is 0.497 e. The summed E-state index contributed by atoms with van der Waals surface area (Å²) in [6, 6.07) is 4.98. The predicted molar refractivity (Wildman–Crippen MR) is 95.8 cm³/mol. The van der Waals surface area contributed by atoms with E-state index in [1.807, 2.05) is 20.8 Å². The molecule has 0 unspecified atom stereocenters. The normalized spacial score (nSPS) is 15.3. The zero-order valence-corrected chi connectivity index (χ0v) is 16.0. The van der Waals surface area contributed by atoms with Gasteiger partial charge in [0.15, 0.2) is 0 Å². The molecule has 1 aliphatic heterocycles. The monoisotopic (exact) mass is 365 g/mol. The number of benzene rings is 1. The highest BCUT2D eigenvalue weighted by molar-refractivity contribution is 5.92. The number of methoxy groups -OCH3 is 2. The Balaban J connectivity index is 2.01. The number of carbonyl (C=O) groups excluding carboxylic acids is 2. The Hall–Kier alpha value is -2.44. The lowest BCUT2D eigenvalue weighted by Gasteiger charge is -2.33. The average Bonchev–Trinajstić information content (AvgIpc) is 2.60. The quantitative estimate of drug-likeness (QED) is 0.763. The third-order valence-electron chi connectivity index (χ3n) is 3.98. The molecule has 1 heterocycles. The molecule has 0 aromatic heterocycles. The van der Waals surface area contributed by atoms with E-state index in [0.717, 1.165) is 0 Å². The first-order chi connectivity index (χ1) is 12.2. The maximum Gasteiger partial charge on any atom is 0.410 e. The van der Waals surface area contributed by atoms with E-state index in [9.17, 15) is 9.59 Å². The molecule has 26 heavy (non-hydrogen) atoms. The van der Waals surface area contributed by atoms with E-state index in [1.54, 1.807) is 30.2 Å². The number of piperidine rings is 1. The number of ether oxygens (including phenoxy) is 4. The molecule has 7 nitrogen and oxygen atoms in total. The van der Waals surface area contributed by atoms with Gasteiger partial charge in [0, 0.05) is 32.0 Å². The minimum atomic E-state index is -0.513. The number of nitrogens with zero attached hydrogens (tertiary/aromatic N) is 1. The van der Waals surface area contributed by atoms with Crippen molar-refractivity contribution < 1.29 is 28.5 Å². The Morgan fingerprint density at radius 1 is 1.12 bits per heavy atom. The molecule has 1 saturated heterocycles. The van der Waals surface area contributed by atoms with Crippen LogP contribution >= 0.6 is 0 Å². The molecule has 0 atom stereocenters. The molecular formula is C19H27NO6. The van der Waals surface area contributed by atoms with E-state index in [1.165, 1.54) is 7.11 Å². The first kappa shape index (κ1) is 19.9. The van der Waals surface area contributed by atoms with Crippen molar-refractivity contribution in [1.29, 1.82) is 0 Å². The molecule has 0 radical (unpaired) electrons. The maximum absolute atomic E-state index is 12.1. The summed E-state index contributed by atoms with van der Waals surface area (Å²) in [5, 5.41) is 0. The van der Waals surface area contributed by atoms with Gasteiger partial charge in [-0.15, -0.1) is 0 Å². The molecule has 1 aliphatic rings. The summed E-state index contributed by atoms with van der Waals surface area (Å²) in [4.78, 5) is 25.7. The van der Waals surface area contributed by atoms with Crippen molar-refractivity contribution >= 4 is 12.1 Å². The lowest BCUT2D eigenvalue weighted by Crippen LogP contribution is -2.44. The van der Waals surface area contributed by atoms with Gasteiger partial charge in [-0.25, -0.2) is 9.59 Å². The summed E-state index contributed by atoms with van der Waals surface area (Å²) in [5.41, 5.74) is -0.164. The molecule has 0 N–H and O–H groups in total. The van der Waals surface area contributed by atoms with Crippen LogP contribution in [0, 0.1) is 0 Å².